The highest BCUT2D eigenvalue weighted by atomic mass is 19.1. The maximum atomic E-state index is 13.2. The van der Waals surface area contributed by atoms with Crippen LogP contribution in [0.3, 0.4) is 0 Å². The molecule has 0 saturated carbocycles. The van der Waals surface area contributed by atoms with Gasteiger partial charge in [0.2, 0.25) is 0 Å². The number of hydrogen-bond acceptors (Lipinski definition) is 2. The largest absolute Gasteiger partial charge is 0.364 e. The minimum atomic E-state index is -0.165. The van der Waals surface area contributed by atoms with Gasteiger partial charge in [-0.2, -0.15) is 0 Å². The van der Waals surface area contributed by atoms with Gasteiger partial charge < -0.3 is 10.2 Å². The number of unbranched alkanes of at least 4 members (excludes halogenated alkanes) is 1. The molecule has 1 aromatic rings. The summed E-state index contributed by atoms with van der Waals surface area (Å²) in [5.74, 6) is 1.11. The molecule has 1 aliphatic heterocycles. The van der Waals surface area contributed by atoms with Crippen LogP contribution < -0.4 is 10.2 Å². The molecule has 1 fully saturated rings. The Balaban J connectivity index is 1.71. The maximum absolute atomic E-state index is 13.2. The summed E-state index contributed by atoms with van der Waals surface area (Å²) >= 11 is 0. The molecular formula is C19H25FN2. The summed E-state index contributed by atoms with van der Waals surface area (Å²) in [6.07, 6.45) is 12.7. The van der Waals surface area contributed by atoms with Crippen molar-refractivity contribution in [1.82, 2.24) is 5.32 Å². The Kier molecular flexibility index (Phi) is 4.94. The quantitative estimate of drug-likeness (QED) is 0.805. The lowest BCUT2D eigenvalue weighted by Crippen LogP contribution is -2.31. The molecule has 3 unspecified atom stereocenters. The Morgan fingerprint density at radius 2 is 1.91 bits per heavy atom. The number of nitrogens with one attached hydrogen (secondary N) is 1. The average molecular weight is 300 g/mol. The topological polar surface area (TPSA) is 15.3 Å². The number of allylic oxidation sites excluding steroid dienone is 2. The molecular weight excluding hydrogens is 275 g/mol. The molecule has 0 bridgehead atoms. The van der Waals surface area contributed by atoms with Crippen molar-refractivity contribution in [3.05, 3.63) is 54.4 Å². The van der Waals surface area contributed by atoms with Crippen molar-refractivity contribution < 1.29 is 4.39 Å². The van der Waals surface area contributed by atoms with E-state index in [1.54, 1.807) is 12.1 Å². The van der Waals surface area contributed by atoms with E-state index in [4.69, 9.17) is 0 Å². The second kappa shape index (κ2) is 7.10. The number of anilines is 1. The molecule has 3 rings (SSSR count). The van der Waals surface area contributed by atoms with Crippen LogP contribution in [0.2, 0.25) is 0 Å². The predicted octanol–water partition coefficient (Wildman–Crippen LogP) is 3.76. The number of rotatable bonds is 6. The molecule has 118 valence electrons. The van der Waals surface area contributed by atoms with Crippen LogP contribution in [-0.2, 0) is 0 Å². The van der Waals surface area contributed by atoms with Gasteiger partial charge in [-0.25, -0.2) is 4.39 Å². The van der Waals surface area contributed by atoms with Crippen LogP contribution in [0.1, 0.15) is 19.3 Å². The number of nitrogens with zero attached hydrogens (tertiary/aromatic N) is 1. The molecule has 2 aliphatic rings. The standard InChI is InChI=1S/C19H25FN2/c1-21-13-5-4-6-15-14-22(17-11-9-16(20)10-12-17)19-8-3-2-7-18(15)19/h2-3,7-12,15,18-19,21H,4-6,13-14H2,1H3. The van der Waals surface area contributed by atoms with Crippen molar-refractivity contribution in [2.75, 3.05) is 25.0 Å². The van der Waals surface area contributed by atoms with Gasteiger partial charge >= 0.3 is 0 Å². The first-order valence-corrected chi connectivity index (χ1v) is 8.31. The first kappa shape index (κ1) is 15.3. The molecule has 0 amide bonds. The van der Waals surface area contributed by atoms with Gasteiger partial charge in [0.1, 0.15) is 5.82 Å². The Hall–Kier alpha value is -1.61. The number of halogens is 1. The maximum Gasteiger partial charge on any atom is 0.123 e. The summed E-state index contributed by atoms with van der Waals surface area (Å²) in [4.78, 5) is 2.44. The summed E-state index contributed by atoms with van der Waals surface area (Å²) < 4.78 is 13.2. The van der Waals surface area contributed by atoms with Crippen LogP contribution in [0, 0.1) is 17.7 Å². The zero-order chi connectivity index (χ0) is 15.4. The lowest BCUT2D eigenvalue weighted by molar-refractivity contribution is 0.417. The summed E-state index contributed by atoms with van der Waals surface area (Å²) in [6.45, 7) is 2.16. The fraction of sp³-hybridized carbons (Fsp3) is 0.474. The van der Waals surface area contributed by atoms with Gasteiger partial charge in [-0.05, 0) is 56.6 Å². The second-order valence-electron chi connectivity index (χ2n) is 6.33. The van der Waals surface area contributed by atoms with E-state index in [9.17, 15) is 4.39 Å². The molecule has 1 aromatic carbocycles. The summed E-state index contributed by atoms with van der Waals surface area (Å²) in [5, 5.41) is 3.22. The van der Waals surface area contributed by atoms with Gasteiger partial charge in [0, 0.05) is 18.2 Å². The number of hydrogen-bond donors (Lipinski definition) is 1. The van der Waals surface area contributed by atoms with Crippen LogP contribution in [-0.4, -0.2) is 26.2 Å². The fourth-order valence-corrected chi connectivity index (χ4v) is 3.76. The molecule has 0 radical (unpaired) electrons. The van der Waals surface area contributed by atoms with E-state index in [-0.39, 0.29) is 5.82 Å². The van der Waals surface area contributed by atoms with E-state index in [1.807, 2.05) is 19.2 Å². The van der Waals surface area contributed by atoms with Gasteiger partial charge in [-0.1, -0.05) is 30.7 Å². The molecule has 0 spiro atoms. The minimum absolute atomic E-state index is 0.165. The van der Waals surface area contributed by atoms with E-state index in [2.05, 4.69) is 34.5 Å². The predicted molar refractivity (Wildman–Crippen MR) is 90.6 cm³/mol. The van der Waals surface area contributed by atoms with E-state index in [0.29, 0.717) is 17.9 Å². The summed E-state index contributed by atoms with van der Waals surface area (Å²) in [5.41, 5.74) is 1.13. The first-order valence-electron chi connectivity index (χ1n) is 8.31. The number of benzene rings is 1. The van der Waals surface area contributed by atoms with Crippen molar-refractivity contribution in [2.45, 2.75) is 25.3 Å². The zero-order valence-electron chi connectivity index (χ0n) is 13.2. The minimum Gasteiger partial charge on any atom is -0.364 e. The molecule has 3 heteroatoms. The Labute approximate surface area is 132 Å². The zero-order valence-corrected chi connectivity index (χ0v) is 13.2. The van der Waals surface area contributed by atoms with Gasteiger partial charge in [0.05, 0.1) is 6.04 Å². The van der Waals surface area contributed by atoms with Gasteiger partial charge in [-0.15, -0.1) is 0 Å². The average Bonchev–Trinajstić information content (AvgIpc) is 2.91. The van der Waals surface area contributed by atoms with E-state index < -0.39 is 0 Å². The Morgan fingerprint density at radius 3 is 2.68 bits per heavy atom. The van der Waals surface area contributed by atoms with E-state index in [0.717, 1.165) is 18.8 Å². The Morgan fingerprint density at radius 1 is 1.14 bits per heavy atom. The highest BCUT2D eigenvalue weighted by Crippen LogP contribution is 2.39. The van der Waals surface area contributed by atoms with Crippen LogP contribution in [0.5, 0.6) is 0 Å². The molecule has 22 heavy (non-hydrogen) atoms. The highest BCUT2D eigenvalue weighted by molar-refractivity contribution is 5.51. The lowest BCUT2D eigenvalue weighted by atomic mass is 9.84. The van der Waals surface area contributed by atoms with Crippen molar-refractivity contribution in [3.8, 4) is 0 Å². The summed E-state index contributed by atoms with van der Waals surface area (Å²) in [6, 6.07) is 7.36. The molecule has 1 N–H and O–H groups in total. The van der Waals surface area contributed by atoms with Crippen LogP contribution in [0.25, 0.3) is 0 Å². The lowest BCUT2D eigenvalue weighted by Gasteiger charge is -2.27. The SMILES string of the molecule is CNCCCCC1CN(c2ccc(F)cc2)C2C=CC=CC12. The molecule has 3 atom stereocenters. The van der Waals surface area contributed by atoms with E-state index in [1.165, 1.54) is 19.3 Å². The normalized spacial score (nSPS) is 26.5. The fourth-order valence-electron chi connectivity index (χ4n) is 3.76. The monoisotopic (exact) mass is 300 g/mol. The van der Waals surface area contributed by atoms with Crippen LogP contribution in [0.15, 0.2) is 48.6 Å². The molecule has 1 saturated heterocycles. The first-order chi connectivity index (χ1) is 10.8. The Bertz CT molecular complexity index is 535. The van der Waals surface area contributed by atoms with Gasteiger partial charge in [-0.3, -0.25) is 0 Å². The molecule has 0 aromatic heterocycles. The smallest absolute Gasteiger partial charge is 0.123 e. The van der Waals surface area contributed by atoms with Gasteiger partial charge in [0.15, 0.2) is 0 Å². The number of fused-ring (bicyclic) bond motifs is 1. The third-order valence-corrected chi connectivity index (χ3v) is 4.89. The van der Waals surface area contributed by atoms with Crippen LogP contribution in [0.4, 0.5) is 10.1 Å². The highest BCUT2D eigenvalue weighted by Gasteiger charge is 2.39. The van der Waals surface area contributed by atoms with Crippen molar-refractivity contribution in [1.29, 1.82) is 0 Å². The third-order valence-electron chi connectivity index (χ3n) is 4.89. The third kappa shape index (κ3) is 3.25. The van der Waals surface area contributed by atoms with Crippen LogP contribution >= 0.6 is 0 Å². The molecule has 1 heterocycles. The summed E-state index contributed by atoms with van der Waals surface area (Å²) in [7, 11) is 2.01. The van der Waals surface area contributed by atoms with Gasteiger partial charge in [0.25, 0.3) is 0 Å². The van der Waals surface area contributed by atoms with Crippen molar-refractivity contribution in [2.24, 2.45) is 11.8 Å². The second-order valence-corrected chi connectivity index (χ2v) is 6.33. The molecule has 2 nitrogen and oxygen atoms in total. The van der Waals surface area contributed by atoms with E-state index >= 15 is 0 Å². The molecule has 1 aliphatic carbocycles. The van der Waals surface area contributed by atoms with Crippen molar-refractivity contribution in [3.63, 3.8) is 0 Å². The van der Waals surface area contributed by atoms with Crippen molar-refractivity contribution >= 4 is 5.69 Å².